The second kappa shape index (κ2) is 62.1. The average molecular weight is 1030 g/mol. The summed E-state index contributed by atoms with van der Waals surface area (Å²) in [7, 11) is 0. The molecule has 0 aromatic rings. The highest BCUT2D eigenvalue weighted by Gasteiger charge is 2.19. The van der Waals surface area contributed by atoms with E-state index < -0.39 is 6.10 Å². The molecule has 6 heteroatoms. The summed E-state index contributed by atoms with van der Waals surface area (Å²) in [5, 5.41) is 0. The minimum atomic E-state index is -0.793. The van der Waals surface area contributed by atoms with Crippen LogP contribution in [0.1, 0.15) is 310 Å². The van der Waals surface area contributed by atoms with Crippen molar-refractivity contribution in [3.63, 3.8) is 0 Å². The molecule has 74 heavy (non-hydrogen) atoms. The number of unbranched alkanes of at least 4 members (excludes halogenated alkanes) is 32. The van der Waals surface area contributed by atoms with Gasteiger partial charge in [0.2, 0.25) is 0 Å². The number of rotatable bonds is 57. The number of carbonyl (C=O) groups excluding carboxylic acids is 3. The Bertz CT molecular complexity index is 1420. The summed E-state index contributed by atoms with van der Waals surface area (Å²) < 4.78 is 16.8. The van der Waals surface area contributed by atoms with Crippen LogP contribution in [0.3, 0.4) is 0 Å². The van der Waals surface area contributed by atoms with Gasteiger partial charge < -0.3 is 14.2 Å². The predicted molar refractivity (Wildman–Crippen MR) is 321 cm³/mol. The molecule has 0 aliphatic heterocycles. The summed E-state index contributed by atoms with van der Waals surface area (Å²) in [6, 6.07) is 0. The van der Waals surface area contributed by atoms with Crippen molar-refractivity contribution in [2.24, 2.45) is 0 Å². The van der Waals surface area contributed by atoms with Crippen molar-refractivity contribution in [1.82, 2.24) is 0 Å². The summed E-state index contributed by atoms with van der Waals surface area (Å²) in [5.41, 5.74) is 0. The highest BCUT2D eigenvalue weighted by molar-refractivity contribution is 5.71. The highest BCUT2D eigenvalue weighted by Crippen LogP contribution is 2.16. The number of hydrogen-bond donors (Lipinski definition) is 0. The third kappa shape index (κ3) is 59.5. The molecule has 0 N–H and O–H groups in total. The molecule has 0 fully saturated rings. The van der Waals surface area contributed by atoms with Gasteiger partial charge in [-0.1, -0.05) is 266 Å². The lowest BCUT2D eigenvalue weighted by molar-refractivity contribution is -0.167. The third-order valence-corrected chi connectivity index (χ3v) is 13.6. The summed E-state index contributed by atoms with van der Waals surface area (Å²) in [4.78, 5) is 38.1. The van der Waals surface area contributed by atoms with Gasteiger partial charge in [-0.15, -0.1) is 0 Å². The van der Waals surface area contributed by atoms with E-state index in [4.69, 9.17) is 14.2 Å². The van der Waals surface area contributed by atoms with Gasteiger partial charge in [0.05, 0.1) is 0 Å². The molecule has 1 unspecified atom stereocenters. The van der Waals surface area contributed by atoms with E-state index in [0.29, 0.717) is 19.3 Å². The zero-order valence-corrected chi connectivity index (χ0v) is 48.8. The zero-order chi connectivity index (χ0) is 53.6. The minimum Gasteiger partial charge on any atom is -0.462 e. The molecule has 0 aromatic carbocycles. The van der Waals surface area contributed by atoms with Gasteiger partial charge in [0.25, 0.3) is 0 Å². The summed E-state index contributed by atoms with van der Waals surface area (Å²) in [5.74, 6) is -0.923. The van der Waals surface area contributed by atoms with E-state index >= 15 is 0 Å². The van der Waals surface area contributed by atoms with E-state index in [-0.39, 0.29) is 31.1 Å². The standard InChI is InChI=1S/C68H118O6/c1-4-7-10-13-16-19-22-24-25-26-27-28-29-30-31-32-33-34-35-36-37-38-39-40-41-42-43-45-46-49-52-55-58-61-67(70)73-64-65(63-72-66(69)60-57-54-51-48-21-18-15-12-9-6-3)74-68(71)62-59-56-53-50-47-44-23-20-17-14-11-8-5-2/h8,11-12,15,17,20,22,24,26-27,29-30,44,47,65H,4-7,9-10,13-14,16,18-19,21,23,25,28,31-43,45-46,48-64H2,1-3H3/b11-8-,15-12-,20-17-,24-22-,27-26-,30-29-,47-44-. The van der Waals surface area contributed by atoms with Crippen LogP contribution in [0.15, 0.2) is 85.1 Å². The normalized spacial score (nSPS) is 12.6. The van der Waals surface area contributed by atoms with Gasteiger partial charge in [-0.3, -0.25) is 14.4 Å². The van der Waals surface area contributed by atoms with Crippen LogP contribution in [0.5, 0.6) is 0 Å². The molecule has 426 valence electrons. The molecular weight excluding hydrogens is 913 g/mol. The fraction of sp³-hybridized carbons (Fsp3) is 0.750. The third-order valence-electron chi connectivity index (χ3n) is 13.6. The molecule has 6 nitrogen and oxygen atoms in total. The monoisotopic (exact) mass is 1030 g/mol. The molecule has 0 radical (unpaired) electrons. The molecule has 0 aromatic heterocycles. The lowest BCUT2D eigenvalue weighted by Crippen LogP contribution is -2.30. The van der Waals surface area contributed by atoms with Gasteiger partial charge in [0.15, 0.2) is 6.10 Å². The van der Waals surface area contributed by atoms with E-state index in [2.05, 4.69) is 106 Å². The SMILES string of the molecule is CC/C=C\C/C=C\C/C=C\CCCCCC(=O)OC(COC(=O)CCCCCCC/C=C\CCC)COC(=O)CCCCCCCCCCCCCCCCCCCC/C=C\C/C=C\C/C=C\CCCCCCC. The number of esters is 3. The van der Waals surface area contributed by atoms with Crippen LogP contribution in [0, 0.1) is 0 Å². The van der Waals surface area contributed by atoms with Gasteiger partial charge in [-0.05, 0) is 109 Å². The second-order valence-corrected chi connectivity index (χ2v) is 20.9. The molecule has 0 saturated heterocycles. The Morgan fingerprint density at radius 1 is 0.284 bits per heavy atom. The summed E-state index contributed by atoms with van der Waals surface area (Å²) in [6.45, 7) is 6.43. The van der Waals surface area contributed by atoms with Crippen molar-refractivity contribution in [1.29, 1.82) is 0 Å². The Morgan fingerprint density at radius 3 is 0.905 bits per heavy atom. The first-order valence-electron chi connectivity index (χ1n) is 31.6. The first-order valence-corrected chi connectivity index (χ1v) is 31.6. The summed E-state index contributed by atoms with van der Waals surface area (Å²) in [6.07, 6.45) is 82.0. The topological polar surface area (TPSA) is 78.9 Å². The van der Waals surface area contributed by atoms with Crippen LogP contribution in [0.2, 0.25) is 0 Å². The number of allylic oxidation sites excluding steroid dienone is 14. The van der Waals surface area contributed by atoms with Crippen LogP contribution in [0.25, 0.3) is 0 Å². The van der Waals surface area contributed by atoms with Gasteiger partial charge in [-0.2, -0.15) is 0 Å². The lowest BCUT2D eigenvalue weighted by atomic mass is 10.0. The van der Waals surface area contributed by atoms with Crippen LogP contribution < -0.4 is 0 Å². The minimum absolute atomic E-state index is 0.0890. The van der Waals surface area contributed by atoms with Crippen LogP contribution >= 0.6 is 0 Å². The molecule has 0 aliphatic carbocycles. The quantitative estimate of drug-likeness (QED) is 0.0261. The van der Waals surface area contributed by atoms with Crippen molar-refractivity contribution in [2.75, 3.05) is 13.2 Å². The van der Waals surface area contributed by atoms with Crippen molar-refractivity contribution in [2.45, 2.75) is 316 Å². The van der Waals surface area contributed by atoms with Crippen LogP contribution in [0.4, 0.5) is 0 Å². The maximum atomic E-state index is 12.8. The van der Waals surface area contributed by atoms with Crippen molar-refractivity contribution in [3.8, 4) is 0 Å². The van der Waals surface area contributed by atoms with Gasteiger partial charge in [-0.25, -0.2) is 0 Å². The Balaban J connectivity index is 4.06. The largest absolute Gasteiger partial charge is 0.462 e. The van der Waals surface area contributed by atoms with Crippen molar-refractivity contribution >= 4 is 17.9 Å². The summed E-state index contributed by atoms with van der Waals surface area (Å²) >= 11 is 0. The Kier molecular flexibility index (Phi) is 59.3. The maximum absolute atomic E-state index is 12.8. The van der Waals surface area contributed by atoms with Crippen molar-refractivity contribution in [3.05, 3.63) is 85.1 Å². The van der Waals surface area contributed by atoms with E-state index in [0.717, 1.165) is 116 Å². The Morgan fingerprint density at radius 2 is 0.554 bits per heavy atom. The molecule has 0 saturated carbocycles. The zero-order valence-electron chi connectivity index (χ0n) is 48.8. The van der Waals surface area contributed by atoms with E-state index in [1.807, 2.05) is 0 Å². The molecule has 0 amide bonds. The fourth-order valence-electron chi connectivity index (χ4n) is 8.88. The first-order chi connectivity index (χ1) is 36.5. The molecular formula is C68H118O6. The van der Waals surface area contributed by atoms with Gasteiger partial charge in [0.1, 0.15) is 13.2 Å². The van der Waals surface area contributed by atoms with Crippen LogP contribution in [-0.2, 0) is 28.6 Å². The van der Waals surface area contributed by atoms with E-state index in [1.165, 1.54) is 154 Å². The maximum Gasteiger partial charge on any atom is 0.306 e. The smallest absolute Gasteiger partial charge is 0.306 e. The first kappa shape index (κ1) is 70.6. The molecule has 0 spiro atoms. The average Bonchev–Trinajstić information content (AvgIpc) is 3.40. The van der Waals surface area contributed by atoms with Gasteiger partial charge in [0, 0.05) is 19.3 Å². The fourth-order valence-corrected chi connectivity index (χ4v) is 8.88. The number of ether oxygens (including phenoxy) is 3. The highest BCUT2D eigenvalue weighted by atomic mass is 16.6. The molecule has 0 aliphatic rings. The molecule has 0 rings (SSSR count). The predicted octanol–water partition coefficient (Wildman–Crippen LogP) is 21.5. The van der Waals surface area contributed by atoms with Crippen LogP contribution in [-0.4, -0.2) is 37.2 Å². The van der Waals surface area contributed by atoms with Gasteiger partial charge >= 0.3 is 17.9 Å². The molecule has 0 heterocycles. The molecule has 0 bridgehead atoms. The van der Waals surface area contributed by atoms with Crippen molar-refractivity contribution < 1.29 is 28.6 Å². The Labute approximate surface area is 458 Å². The van der Waals surface area contributed by atoms with E-state index in [9.17, 15) is 14.4 Å². The second-order valence-electron chi connectivity index (χ2n) is 20.9. The Hall–Kier alpha value is -3.41. The molecule has 1 atom stereocenters. The van der Waals surface area contributed by atoms with E-state index in [1.54, 1.807) is 0 Å². The lowest BCUT2D eigenvalue weighted by Gasteiger charge is -2.18. The number of carbonyl (C=O) groups is 3. The number of hydrogen-bond acceptors (Lipinski definition) is 6.